The molecule has 0 amide bonds. The van der Waals surface area contributed by atoms with E-state index in [2.05, 4.69) is 30.8 Å². The van der Waals surface area contributed by atoms with Gasteiger partial charge in [-0.3, -0.25) is 0 Å². The standard InChI is InChI=1S/C11H16BrN3/c1-8-6-9(2)14-11(13-8)15-5-3-4-10(15)7-12/h6,10H,3-5,7H2,1-2H3. The van der Waals surface area contributed by atoms with Gasteiger partial charge in [-0.25, -0.2) is 9.97 Å². The number of aromatic nitrogens is 2. The van der Waals surface area contributed by atoms with Crippen LogP contribution in [0, 0.1) is 13.8 Å². The van der Waals surface area contributed by atoms with Crippen LogP contribution in [0.4, 0.5) is 5.95 Å². The molecule has 15 heavy (non-hydrogen) atoms. The van der Waals surface area contributed by atoms with E-state index in [1.54, 1.807) is 0 Å². The van der Waals surface area contributed by atoms with Crippen LogP contribution in [0.1, 0.15) is 24.2 Å². The lowest BCUT2D eigenvalue weighted by atomic mass is 10.2. The predicted octanol–water partition coefficient (Wildman–Crippen LogP) is 2.46. The molecule has 1 fully saturated rings. The van der Waals surface area contributed by atoms with E-state index >= 15 is 0 Å². The third-order valence-electron chi connectivity index (χ3n) is 2.78. The molecule has 0 radical (unpaired) electrons. The van der Waals surface area contributed by atoms with Gasteiger partial charge < -0.3 is 4.90 Å². The summed E-state index contributed by atoms with van der Waals surface area (Å²) in [6, 6.07) is 2.58. The first-order chi connectivity index (χ1) is 7.20. The zero-order valence-electron chi connectivity index (χ0n) is 9.20. The third kappa shape index (κ3) is 2.30. The second-order valence-electron chi connectivity index (χ2n) is 4.09. The van der Waals surface area contributed by atoms with Gasteiger partial charge >= 0.3 is 0 Å². The summed E-state index contributed by atoms with van der Waals surface area (Å²) in [5.74, 6) is 0.898. The normalized spacial score (nSPS) is 21.0. The maximum atomic E-state index is 4.51. The Hall–Kier alpha value is -0.640. The summed E-state index contributed by atoms with van der Waals surface area (Å²) in [6.45, 7) is 5.13. The van der Waals surface area contributed by atoms with Crippen molar-refractivity contribution in [3.05, 3.63) is 17.5 Å². The molecular weight excluding hydrogens is 254 g/mol. The molecule has 1 saturated heterocycles. The molecule has 1 aliphatic rings. The molecule has 0 aromatic carbocycles. The Kier molecular flexibility index (Phi) is 3.24. The molecule has 82 valence electrons. The summed E-state index contributed by atoms with van der Waals surface area (Å²) >= 11 is 3.55. The summed E-state index contributed by atoms with van der Waals surface area (Å²) < 4.78 is 0. The van der Waals surface area contributed by atoms with Gasteiger partial charge in [0.15, 0.2) is 0 Å². The highest BCUT2D eigenvalue weighted by Gasteiger charge is 2.25. The molecule has 2 heterocycles. The highest BCUT2D eigenvalue weighted by Crippen LogP contribution is 2.23. The molecule has 1 atom stereocenters. The van der Waals surface area contributed by atoms with Crippen LogP contribution in [0.5, 0.6) is 0 Å². The fourth-order valence-electron chi connectivity index (χ4n) is 2.10. The van der Waals surface area contributed by atoms with Gasteiger partial charge in [0, 0.05) is 29.3 Å². The Morgan fingerprint density at radius 1 is 1.40 bits per heavy atom. The molecule has 0 bridgehead atoms. The Morgan fingerprint density at radius 2 is 2.07 bits per heavy atom. The number of halogens is 1. The minimum atomic E-state index is 0.561. The molecule has 3 nitrogen and oxygen atoms in total. The van der Waals surface area contributed by atoms with Crippen molar-refractivity contribution in [2.45, 2.75) is 32.7 Å². The van der Waals surface area contributed by atoms with E-state index in [4.69, 9.17) is 0 Å². The van der Waals surface area contributed by atoms with Crippen molar-refractivity contribution in [2.75, 3.05) is 16.8 Å². The molecule has 1 unspecified atom stereocenters. The number of rotatable bonds is 2. The summed E-state index contributed by atoms with van der Waals surface area (Å²) in [5, 5.41) is 1.00. The zero-order valence-corrected chi connectivity index (χ0v) is 10.8. The molecule has 4 heteroatoms. The van der Waals surface area contributed by atoms with E-state index in [0.29, 0.717) is 6.04 Å². The van der Waals surface area contributed by atoms with E-state index in [1.807, 2.05) is 19.9 Å². The Bertz CT molecular complexity index is 333. The van der Waals surface area contributed by atoms with Gasteiger partial charge in [-0.1, -0.05) is 15.9 Å². The molecule has 2 rings (SSSR count). The molecular formula is C11H16BrN3. The van der Waals surface area contributed by atoms with Crippen LogP contribution in [0.15, 0.2) is 6.07 Å². The molecule has 0 spiro atoms. The number of alkyl halides is 1. The van der Waals surface area contributed by atoms with E-state index in [-0.39, 0.29) is 0 Å². The largest absolute Gasteiger partial charge is 0.337 e. The number of aryl methyl sites for hydroxylation is 2. The van der Waals surface area contributed by atoms with Gasteiger partial charge in [0.1, 0.15) is 0 Å². The average Bonchev–Trinajstić information content (AvgIpc) is 2.63. The third-order valence-corrected chi connectivity index (χ3v) is 3.53. The predicted molar refractivity (Wildman–Crippen MR) is 65.7 cm³/mol. The summed E-state index contributed by atoms with van der Waals surface area (Å²) in [7, 11) is 0. The summed E-state index contributed by atoms with van der Waals surface area (Å²) in [6.07, 6.45) is 2.48. The highest BCUT2D eigenvalue weighted by molar-refractivity contribution is 9.09. The van der Waals surface area contributed by atoms with Crippen molar-refractivity contribution < 1.29 is 0 Å². The Balaban J connectivity index is 2.28. The SMILES string of the molecule is Cc1cc(C)nc(N2CCCC2CBr)n1. The van der Waals surface area contributed by atoms with Crippen molar-refractivity contribution in [3.63, 3.8) is 0 Å². The van der Waals surface area contributed by atoms with Crippen LogP contribution in [0.2, 0.25) is 0 Å². The van der Waals surface area contributed by atoms with Crippen LogP contribution in [-0.2, 0) is 0 Å². The van der Waals surface area contributed by atoms with Crippen LogP contribution in [-0.4, -0.2) is 27.9 Å². The van der Waals surface area contributed by atoms with Gasteiger partial charge in [-0.15, -0.1) is 0 Å². The van der Waals surface area contributed by atoms with Gasteiger partial charge in [0.25, 0.3) is 0 Å². The maximum absolute atomic E-state index is 4.51. The fourth-order valence-corrected chi connectivity index (χ4v) is 2.77. The van der Waals surface area contributed by atoms with Gasteiger partial charge in [-0.2, -0.15) is 0 Å². The van der Waals surface area contributed by atoms with Crippen LogP contribution in [0.25, 0.3) is 0 Å². The van der Waals surface area contributed by atoms with Crippen molar-refractivity contribution in [3.8, 4) is 0 Å². The monoisotopic (exact) mass is 269 g/mol. The second-order valence-corrected chi connectivity index (χ2v) is 4.74. The molecule has 0 aliphatic carbocycles. The molecule has 0 saturated carbocycles. The van der Waals surface area contributed by atoms with E-state index < -0.39 is 0 Å². The Morgan fingerprint density at radius 3 is 2.67 bits per heavy atom. The van der Waals surface area contributed by atoms with Gasteiger partial charge in [-0.05, 0) is 32.8 Å². The number of hydrogen-bond acceptors (Lipinski definition) is 3. The van der Waals surface area contributed by atoms with Crippen molar-refractivity contribution >= 4 is 21.9 Å². The van der Waals surface area contributed by atoms with Crippen molar-refractivity contribution in [1.82, 2.24) is 9.97 Å². The molecule has 1 aliphatic heterocycles. The molecule has 0 N–H and O–H groups in total. The van der Waals surface area contributed by atoms with Gasteiger partial charge in [0.2, 0.25) is 5.95 Å². The second kappa shape index (κ2) is 4.47. The average molecular weight is 270 g/mol. The van der Waals surface area contributed by atoms with E-state index in [1.165, 1.54) is 12.8 Å². The van der Waals surface area contributed by atoms with Crippen LogP contribution >= 0.6 is 15.9 Å². The maximum Gasteiger partial charge on any atom is 0.226 e. The number of hydrogen-bond donors (Lipinski definition) is 0. The van der Waals surface area contributed by atoms with Crippen LogP contribution < -0.4 is 4.90 Å². The first-order valence-corrected chi connectivity index (χ1v) is 6.48. The smallest absolute Gasteiger partial charge is 0.226 e. The summed E-state index contributed by atoms with van der Waals surface area (Å²) in [4.78, 5) is 11.3. The quantitative estimate of drug-likeness (QED) is 0.773. The van der Waals surface area contributed by atoms with Crippen molar-refractivity contribution in [1.29, 1.82) is 0 Å². The van der Waals surface area contributed by atoms with E-state index in [0.717, 1.165) is 29.2 Å². The first kappa shape index (κ1) is 10.9. The number of nitrogens with zero attached hydrogens (tertiary/aromatic N) is 3. The first-order valence-electron chi connectivity index (χ1n) is 5.35. The van der Waals surface area contributed by atoms with Gasteiger partial charge in [0.05, 0.1) is 0 Å². The van der Waals surface area contributed by atoms with Crippen molar-refractivity contribution in [2.24, 2.45) is 0 Å². The minimum Gasteiger partial charge on any atom is -0.337 e. The lowest BCUT2D eigenvalue weighted by Crippen LogP contribution is -2.32. The topological polar surface area (TPSA) is 29.0 Å². The van der Waals surface area contributed by atoms with Crippen LogP contribution in [0.3, 0.4) is 0 Å². The number of anilines is 1. The van der Waals surface area contributed by atoms with E-state index in [9.17, 15) is 0 Å². The zero-order chi connectivity index (χ0) is 10.8. The highest BCUT2D eigenvalue weighted by atomic mass is 79.9. The molecule has 1 aromatic rings. The fraction of sp³-hybridized carbons (Fsp3) is 0.636. The molecule has 1 aromatic heterocycles. The lowest BCUT2D eigenvalue weighted by molar-refractivity contribution is 0.727. The summed E-state index contributed by atoms with van der Waals surface area (Å²) in [5.41, 5.74) is 2.11. The lowest BCUT2D eigenvalue weighted by Gasteiger charge is -2.23. The Labute approximate surface area is 99.0 Å². The minimum absolute atomic E-state index is 0.561.